The van der Waals surface area contributed by atoms with Gasteiger partial charge in [-0.1, -0.05) is 12.1 Å². The van der Waals surface area contributed by atoms with Crippen LogP contribution in [0.15, 0.2) is 48.5 Å². The van der Waals surface area contributed by atoms with Crippen LogP contribution in [0.1, 0.15) is 19.4 Å². The summed E-state index contributed by atoms with van der Waals surface area (Å²) in [4.78, 5) is 12.7. The predicted molar refractivity (Wildman–Crippen MR) is 114 cm³/mol. The van der Waals surface area contributed by atoms with Crippen molar-refractivity contribution in [2.24, 2.45) is 0 Å². The molecule has 0 fully saturated rings. The predicted octanol–water partition coefficient (Wildman–Crippen LogP) is 2.74. The van der Waals surface area contributed by atoms with E-state index in [2.05, 4.69) is 5.32 Å². The largest absolute Gasteiger partial charge is 0.497 e. The van der Waals surface area contributed by atoms with Gasteiger partial charge in [0.25, 0.3) is 0 Å². The van der Waals surface area contributed by atoms with Gasteiger partial charge in [-0.2, -0.15) is 0 Å². The maximum Gasteiger partial charge on any atom is 0.243 e. The fourth-order valence-electron chi connectivity index (χ4n) is 2.87. The van der Waals surface area contributed by atoms with Crippen LogP contribution >= 0.6 is 0 Å². The molecule has 0 aromatic heterocycles. The van der Waals surface area contributed by atoms with Gasteiger partial charge in [-0.3, -0.25) is 9.10 Å². The summed E-state index contributed by atoms with van der Waals surface area (Å²) in [5.74, 6) is 0.977. The van der Waals surface area contributed by atoms with Crippen LogP contribution in [0, 0.1) is 6.92 Å². The van der Waals surface area contributed by atoms with Crippen molar-refractivity contribution in [1.82, 2.24) is 5.32 Å². The first-order valence-electron chi connectivity index (χ1n) is 9.25. The van der Waals surface area contributed by atoms with Crippen LogP contribution in [-0.4, -0.2) is 46.4 Å². The molecule has 1 amide bonds. The summed E-state index contributed by atoms with van der Waals surface area (Å²) in [6.45, 7) is 5.47. The molecular weight excluding hydrogens is 392 g/mol. The Kier molecular flexibility index (Phi) is 7.50. The number of methoxy groups -OCH3 is 1. The Morgan fingerprint density at radius 2 is 1.72 bits per heavy atom. The first kappa shape index (κ1) is 22.5. The second kappa shape index (κ2) is 9.65. The van der Waals surface area contributed by atoms with Gasteiger partial charge in [0.1, 0.15) is 24.1 Å². The average Bonchev–Trinajstić information content (AvgIpc) is 2.65. The van der Waals surface area contributed by atoms with Crippen LogP contribution in [0.5, 0.6) is 11.5 Å². The summed E-state index contributed by atoms with van der Waals surface area (Å²) < 4.78 is 36.6. The molecule has 158 valence electrons. The van der Waals surface area contributed by atoms with Crippen LogP contribution in [0.4, 0.5) is 5.69 Å². The van der Waals surface area contributed by atoms with Gasteiger partial charge in [0.2, 0.25) is 15.9 Å². The molecule has 2 aromatic carbocycles. The third kappa shape index (κ3) is 6.39. The van der Waals surface area contributed by atoms with Crippen LogP contribution < -0.4 is 19.1 Å². The van der Waals surface area contributed by atoms with E-state index in [0.29, 0.717) is 11.4 Å². The molecule has 0 aliphatic rings. The number of nitrogens with zero attached hydrogens (tertiary/aromatic N) is 1. The second-order valence-electron chi connectivity index (χ2n) is 6.97. The van der Waals surface area contributed by atoms with Gasteiger partial charge in [-0.15, -0.1) is 0 Å². The van der Waals surface area contributed by atoms with Crippen LogP contribution in [0.25, 0.3) is 0 Å². The van der Waals surface area contributed by atoms with E-state index in [0.717, 1.165) is 21.9 Å². The van der Waals surface area contributed by atoms with Crippen molar-refractivity contribution in [3.63, 3.8) is 0 Å². The van der Waals surface area contributed by atoms with Gasteiger partial charge < -0.3 is 14.8 Å². The number of sulfonamides is 1. The third-order valence-corrected chi connectivity index (χ3v) is 5.53. The smallest absolute Gasteiger partial charge is 0.243 e. The maximum absolute atomic E-state index is 12.7. The highest BCUT2D eigenvalue weighted by Crippen LogP contribution is 2.22. The number of anilines is 1. The van der Waals surface area contributed by atoms with Gasteiger partial charge in [0, 0.05) is 0 Å². The van der Waals surface area contributed by atoms with E-state index in [1.54, 1.807) is 63.4 Å². The van der Waals surface area contributed by atoms with Crippen molar-refractivity contribution in [3.8, 4) is 11.5 Å². The number of hydrogen-bond acceptors (Lipinski definition) is 5. The molecule has 0 bridgehead atoms. The minimum absolute atomic E-state index is 0.244. The quantitative estimate of drug-likeness (QED) is 0.674. The Morgan fingerprint density at radius 3 is 2.28 bits per heavy atom. The SMILES string of the molecule is COc1ccc(OC[C@@H](C)NC(=O)[C@H](C)N(c2cccc(C)c2)S(C)(=O)=O)cc1. The summed E-state index contributed by atoms with van der Waals surface area (Å²) in [7, 11) is -2.06. The van der Waals surface area contributed by atoms with Gasteiger partial charge in [-0.05, 0) is 62.7 Å². The number of nitrogens with one attached hydrogen (secondary N) is 1. The molecule has 0 saturated heterocycles. The maximum atomic E-state index is 12.7. The number of carbonyl (C=O) groups excluding carboxylic acids is 1. The number of carbonyl (C=O) groups is 1. The number of ether oxygens (including phenoxy) is 2. The standard InChI is InChI=1S/C21H28N2O5S/c1-15-7-6-8-18(13-15)23(29(5,25)26)17(3)21(24)22-16(2)14-28-20-11-9-19(27-4)10-12-20/h6-13,16-17H,14H2,1-5H3,(H,22,24)/t16-,17+/m1/s1. The minimum Gasteiger partial charge on any atom is -0.497 e. The van der Waals surface area contributed by atoms with Crippen molar-refractivity contribution in [3.05, 3.63) is 54.1 Å². The molecule has 0 aliphatic heterocycles. The third-order valence-electron chi connectivity index (χ3n) is 4.29. The lowest BCUT2D eigenvalue weighted by Gasteiger charge is -2.29. The molecule has 0 saturated carbocycles. The first-order chi connectivity index (χ1) is 13.6. The molecular formula is C21H28N2O5S. The Bertz CT molecular complexity index is 928. The molecule has 0 heterocycles. The zero-order chi connectivity index (χ0) is 21.6. The molecule has 29 heavy (non-hydrogen) atoms. The van der Waals surface area contributed by atoms with E-state index >= 15 is 0 Å². The summed E-state index contributed by atoms with van der Waals surface area (Å²) in [5, 5.41) is 2.81. The van der Waals surface area contributed by atoms with Gasteiger partial charge in [0.05, 0.1) is 25.1 Å². The van der Waals surface area contributed by atoms with Crippen LogP contribution in [0.2, 0.25) is 0 Å². The molecule has 2 atom stereocenters. The van der Waals surface area contributed by atoms with E-state index in [1.165, 1.54) is 0 Å². The molecule has 0 unspecified atom stereocenters. The van der Waals surface area contributed by atoms with Gasteiger partial charge in [-0.25, -0.2) is 8.42 Å². The Morgan fingerprint density at radius 1 is 1.10 bits per heavy atom. The topological polar surface area (TPSA) is 84.9 Å². The van der Waals surface area contributed by atoms with E-state index in [9.17, 15) is 13.2 Å². The molecule has 7 nitrogen and oxygen atoms in total. The molecule has 2 rings (SSSR count). The number of aryl methyl sites for hydroxylation is 1. The van der Waals surface area contributed by atoms with Crippen LogP contribution in [-0.2, 0) is 14.8 Å². The lowest BCUT2D eigenvalue weighted by Crippen LogP contribution is -2.50. The fourth-order valence-corrected chi connectivity index (χ4v) is 4.04. The molecule has 0 spiro atoms. The van der Waals surface area contributed by atoms with Crippen LogP contribution in [0.3, 0.4) is 0 Å². The molecule has 0 aliphatic carbocycles. The zero-order valence-electron chi connectivity index (χ0n) is 17.4. The van der Waals surface area contributed by atoms with E-state index in [1.807, 2.05) is 13.0 Å². The summed E-state index contributed by atoms with van der Waals surface area (Å²) in [6.07, 6.45) is 1.09. The number of benzene rings is 2. The number of hydrogen-bond donors (Lipinski definition) is 1. The molecule has 1 N–H and O–H groups in total. The highest BCUT2D eigenvalue weighted by molar-refractivity contribution is 7.92. The Labute approximate surface area is 172 Å². The Balaban J connectivity index is 2.02. The summed E-state index contributed by atoms with van der Waals surface area (Å²) >= 11 is 0. The van der Waals surface area contributed by atoms with E-state index in [-0.39, 0.29) is 12.6 Å². The van der Waals surface area contributed by atoms with Gasteiger partial charge in [0.15, 0.2) is 0 Å². The van der Waals surface area contributed by atoms with Crippen molar-refractivity contribution in [2.45, 2.75) is 32.9 Å². The lowest BCUT2D eigenvalue weighted by molar-refractivity contribution is -0.122. The molecule has 2 aromatic rings. The summed E-state index contributed by atoms with van der Waals surface area (Å²) in [5.41, 5.74) is 1.36. The monoisotopic (exact) mass is 420 g/mol. The zero-order valence-corrected chi connectivity index (χ0v) is 18.2. The van der Waals surface area contributed by atoms with Crippen molar-refractivity contribution in [2.75, 3.05) is 24.3 Å². The van der Waals surface area contributed by atoms with E-state index in [4.69, 9.17) is 9.47 Å². The number of rotatable bonds is 9. The fraction of sp³-hybridized carbons (Fsp3) is 0.381. The number of amides is 1. The van der Waals surface area contributed by atoms with Crippen molar-refractivity contribution < 1.29 is 22.7 Å². The first-order valence-corrected chi connectivity index (χ1v) is 11.1. The molecule has 8 heteroatoms. The highest BCUT2D eigenvalue weighted by Gasteiger charge is 2.29. The average molecular weight is 421 g/mol. The summed E-state index contributed by atoms with van der Waals surface area (Å²) in [6, 6.07) is 12.9. The van der Waals surface area contributed by atoms with Crippen molar-refractivity contribution >= 4 is 21.6 Å². The lowest BCUT2D eigenvalue weighted by atomic mass is 10.2. The van der Waals surface area contributed by atoms with Gasteiger partial charge >= 0.3 is 0 Å². The normalized spacial score (nSPS) is 13.3. The van der Waals surface area contributed by atoms with E-state index < -0.39 is 22.0 Å². The molecule has 0 radical (unpaired) electrons. The minimum atomic E-state index is -3.65. The second-order valence-corrected chi connectivity index (χ2v) is 8.83. The van der Waals surface area contributed by atoms with Crippen molar-refractivity contribution in [1.29, 1.82) is 0 Å². The Hall–Kier alpha value is -2.74. The highest BCUT2D eigenvalue weighted by atomic mass is 32.2.